The van der Waals surface area contributed by atoms with Crippen molar-refractivity contribution in [1.82, 2.24) is 15.5 Å². The Morgan fingerprint density at radius 3 is 2.46 bits per heavy atom. The summed E-state index contributed by atoms with van der Waals surface area (Å²) in [6, 6.07) is 17.3. The highest BCUT2D eigenvalue weighted by molar-refractivity contribution is 6.23. The zero-order valence-electron chi connectivity index (χ0n) is 23.0. The van der Waals surface area contributed by atoms with Crippen molar-refractivity contribution in [2.75, 3.05) is 26.2 Å². The first kappa shape index (κ1) is 29.2. The quantitative estimate of drug-likeness (QED) is 0.349. The number of amides is 2. The SMILES string of the molecule is CC1C=C(C(F)(F)F)C=C(NC(=O)NCC2(c3ccc(-c4cccc(C#N)c4)cc3)CCN(CC3CC3)CC2)C1Cl. The van der Waals surface area contributed by atoms with Crippen molar-refractivity contribution in [3.8, 4) is 17.2 Å². The summed E-state index contributed by atoms with van der Waals surface area (Å²) in [6.07, 6.45) is 1.77. The topological polar surface area (TPSA) is 68.2 Å². The van der Waals surface area contributed by atoms with Crippen LogP contribution in [0.15, 0.2) is 72.0 Å². The van der Waals surface area contributed by atoms with Gasteiger partial charge in [0.05, 0.1) is 22.6 Å². The predicted molar refractivity (Wildman–Crippen MR) is 154 cm³/mol. The van der Waals surface area contributed by atoms with E-state index in [2.05, 4.69) is 33.7 Å². The van der Waals surface area contributed by atoms with Crippen LogP contribution in [0, 0.1) is 23.2 Å². The zero-order chi connectivity index (χ0) is 29.2. The molecule has 3 aliphatic rings. The molecule has 2 aromatic carbocycles. The normalized spacial score (nSPS) is 22.7. The van der Waals surface area contributed by atoms with Gasteiger partial charge in [-0.1, -0.05) is 49.4 Å². The lowest BCUT2D eigenvalue weighted by Gasteiger charge is -2.42. The van der Waals surface area contributed by atoms with Crippen molar-refractivity contribution < 1.29 is 18.0 Å². The fourth-order valence-electron chi connectivity index (χ4n) is 5.83. The maximum atomic E-state index is 13.4. The minimum Gasteiger partial charge on any atom is -0.337 e. The number of hydrogen-bond donors (Lipinski definition) is 2. The summed E-state index contributed by atoms with van der Waals surface area (Å²) >= 11 is 6.37. The Morgan fingerprint density at radius 1 is 1.12 bits per heavy atom. The van der Waals surface area contributed by atoms with Gasteiger partial charge in [0.2, 0.25) is 0 Å². The Kier molecular flexibility index (Phi) is 8.49. The molecular formula is C32H34ClF3N4O. The van der Waals surface area contributed by atoms with E-state index in [0.717, 1.165) is 67.2 Å². The number of likely N-dealkylation sites (tertiary alicyclic amines) is 1. The molecule has 2 unspecified atom stereocenters. The molecule has 0 bridgehead atoms. The third kappa shape index (κ3) is 6.97. The van der Waals surface area contributed by atoms with Crippen molar-refractivity contribution in [3.05, 3.63) is 83.1 Å². The van der Waals surface area contributed by atoms with Gasteiger partial charge in [0, 0.05) is 24.2 Å². The van der Waals surface area contributed by atoms with Gasteiger partial charge in [0.1, 0.15) is 0 Å². The van der Waals surface area contributed by atoms with E-state index in [9.17, 15) is 23.2 Å². The standard InChI is InChI=1S/C32H34ClF3N4O/c1-21-15-27(32(34,35)36)17-28(29(21)33)39-30(41)38-20-31(11-13-40(14-12-31)19-22-5-6-22)26-9-7-24(8-10-26)25-4-2-3-23(16-25)18-37/h2-4,7-10,15-17,21-22,29H,5-6,11-14,19-20H2,1H3,(H2,38,39,41). The van der Waals surface area contributed by atoms with Gasteiger partial charge in [-0.15, -0.1) is 11.6 Å². The van der Waals surface area contributed by atoms with E-state index in [0.29, 0.717) is 12.1 Å². The fourth-order valence-corrected chi connectivity index (χ4v) is 6.02. The van der Waals surface area contributed by atoms with E-state index < -0.39 is 29.1 Å². The summed E-state index contributed by atoms with van der Waals surface area (Å²) in [5, 5.41) is 14.0. The van der Waals surface area contributed by atoms with Gasteiger partial charge < -0.3 is 15.5 Å². The number of alkyl halides is 4. The number of benzene rings is 2. The number of nitrogens with one attached hydrogen (secondary N) is 2. The molecule has 1 aliphatic heterocycles. The summed E-state index contributed by atoms with van der Waals surface area (Å²) in [5.74, 6) is 0.211. The van der Waals surface area contributed by atoms with Crippen molar-refractivity contribution in [2.24, 2.45) is 11.8 Å². The first-order valence-corrected chi connectivity index (χ1v) is 14.5. The average molecular weight is 583 g/mol. The van der Waals surface area contributed by atoms with Crippen LogP contribution in [0.3, 0.4) is 0 Å². The maximum absolute atomic E-state index is 13.4. The molecule has 5 nitrogen and oxygen atoms in total. The van der Waals surface area contributed by atoms with E-state index in [1.807, 2.05) is 30.3 Å². The number of allylic oxidation sites excluding steroid dienone is 4. The molecule has 1 saturated carbocycles. The van der Waals surface area contributed by atoms with Crippen LogP contribution in [0.5, 0.6) is 0 Å². The van der Waals surface area contributed by atoms with Crippen LogP contribution < -0.4 is 10.6 Å². The van der Waals surface area contributed by atoms with E-state index in [1.54, 1.807) is 13.0 Å². The van der Waals surface area contributed by atoms with Gasteiger partial charge in [-0.05, 0) is 85.5 Å². The second-order valence-corrected chi connectivity index (χ2v) is 12.1. The third-order valence-corrected chi connectivity index (χ3v) is 9.17. The molecule has 2 amide bonds. The molecule has 0 spiro atoms. The van der Waals surface area contributed by atoms with Gasteiger partial charge in [-0.2, -0.15) is 18.4 Å². The van der Waals surface area contributed by atoms with E-state index in [1.165, 1.54) is 12.8 Å². The summed E-state index contributed by atoms with van der Waals surface area (Å²) in [5.41, 5.74) is 2.57. The highest BCUT2D eigenvalue weighted by Crippen LogP contribution is 2.39. The zero-order valence-corrected chi connectivity index (χ0v) is 23.7. The minimum absolute atomic E-state index is 0.0451. The second-order valence-electron chi connectivity index (χ2n) is 11.6. The highest BCUT2D eigenvalue weighted by atomic mass is 35.5. The smallest absolute Gasteiger partial charge is 0.337 e. The number of urea groups is 1. The number of nitriles is 1. The van der Waals surface area contributed by atoms with Gasteiger partial charge >= 0.3 is 12.2 Å². The molecule has 2 fully saturated rings. The highest BCUT2D eigenvalue weighted by Gasteiger charge is 2.39. The first-order chi connectivity index (χ1) is 19.6. The number of nitrogens with zero attached hydrogens (tertiary/aromatic N) is 2. The third-order valence-electron chi connectivity index (χ3n) is 8.53. The van der Waals surface area contributed by atoms with Gasteiger partial charge in [-0.3, -0.25) is 0 Å². The van der Waals surface area contributed by atoms with Crippen LogP contribution in [0.2, 0.25) is 0 Å². The first-order valence-electron chi connectivity index (χ1n) is 14.1. The predicted octanol–water partition coefficient (Wildman–Crippen LogP) is 6.90. The summed E-state index contributed by atoms with van der Waals surface area (Å²) in [4.78, 5) is 15.5. The molecule has 2 N–H and O–H groups in total. The number of piperidine rings is 1. The molecule has 9 heteroatoms. The minimum atomic E-state index is -4.52. The molecule has 2 aliphatic carbocycles. The number of carbonyl (C=O) groups excluding carboxylic acids is 1. The van der Waals surface area contributed by atoms with Crippen molar-refractivity contribution in [2.45, 2.75) is 49.6 Å². The van der Waals surface area contributed by atoms with Crippen LogP contribution >= 0.6 is 11.6 Å². The Labute approximate surface area is 244 Å². The maximum Gasteiger partial charge on any atom is 0.416 e. The molecule has 2 aromatic rings. The van der Waals surface area contributed by atoms with E-state index in [-0.39, 0.29) is 11.1 Å². The van der Waals surface area contributed by atoms with E-state index >= 15 is 0 Å². The molecular weight excluding hydrogens is 549 g/mol. The van der Waals surface area contributed by atoms with Crippen molar-refractivity contribution >= 4 is 17.6 Å². The summed E-state index contributed by atoms with van der Waals surface area (Å²) in [6.45, 7) is 4.88. The fraction of sp³-hybridized carbons (Fsp3) is 0.438. The lowest BCUT2D eigenvalue weighted by atomic mass is 9.72. The Morgan fingerprint density at radius 2 is 1.83 bits per heavy atom. The molecule has 2 atom stereocenters. The van der Waals surface area contributed by atoms with Crippen LogP contribution in [0.4, 0.5) is 18.0 Å². The number of rotatable bonds is 7. The van der Waals surface area contributed by atoms with Crippen LogP contribution in [0.25, 0.3) is 11.1 Å². The largest absolute Gasteiger partial charge is 0.416 e. The van der Waals surface area contributed by atoms with Gasteiger partial charge in [-0.25, -0.2) is 4.79 Å². The lowest BCUT2D eigenvalue weighted by molar-refractivity contribution is -0.0890. The average Bonchev–Trinajstić information content (AvgIpc) is 3.79. The van der Waals surface area contributed by atoms with E-state index in [4.69, 9.17) is 11.6 Å². The monoisotopic (exact) mass is 582 g/mol. The van der Waals surface area contributed by atoms with Gasteiger partial charge in [0.15, 0.2) is 0 Å². The van der Waals surface area contributed by atoms with Gasteiger partial charge in [0.25, 0.3) is 0 Å². The lowest BCUT2D eigenvalue weighted by Crippen LogP contribution is -2.51. The molecule has 0 radical (unpaired) electrons. The molecule has 5 rings (SSSR count). The Bertz CT molecular complexity index is 1370. The molecule has 1 saturated heterocycles. The number of carbonyl (C=O) groups is 1. The molecule has 1 heterocycles. The summed E-state index contributed by atoms with van der Waals surface area (Å²) < 4.78 is 40.1. The van der Waals surface area contributed by atoms with Crippen LogP contribution in [-0.2, 0) is 5.41 Å². The number of halogens is 4. The Balaban J connectivity index is 1.32. The van der Waals surface area contributed by atoms with Crippen LogP contribution in [-0.4, -0.2) is 48.7 Å². The molecule has 0 aromatic heterocycles. The molecule has 41 heavy (non-hydrogen) atoms. The van der Waals surface area contributed by atoms with Crippen molar-refractivity contribution in [1.29, 1.82) is 5.26 Å². The number of hydrogen-bond acceptors (Lipinski definition) is 3. The van der Waals surface area contributed by atoms with Crippen molar-refractivity contribution in [3.63, 3.8) is 0 Å². The Hall–Kier alpha value is -3.28. The summed E-state index contributed by atoms with van der Waals surface area (Å²) in [7, 11) is 0. The second kappa shape index (κ2) is 11.9. The molecule has 216 valence electrons. The van der Waals surface area contributed by atoms with Crippen LogP contribution in [0.1, 0.15) is 43.7 Å².